The summed E-state index contributed by atoms with van der Waals surface area (Å²) in [5, 5.41) is 8.20. The first-order valence-corrected chi connectivity index (χ1v) is 10.0. The van der Waals surface area contributed by atoms with Gasteiger partial charge in [0.1, 0.15) is 5.01 Å². The van der Waals surface area contributed by atoms with E-state index in [1.54, 1.807) is 28.9 Å². The number of morpholine rings is 1. The number of ether oxygens (including phenoxy) is 1. The number of amides is 1. The third-order valence-electron chi connectivity index (χ3n) is 4.13. The lowest BCUT2D eigenvalue weighted by Gasteiger charge is -2.29. The maximum absolute atomic E-state index is 12.7. The monoisotopic (exact) mass is 365 g/mol. The maximum Gasteiger partial charge on any atom is 0.224 e. The standard InChI is InChI=1S/C17H23N3O2S2/c1-13(12-20-5-7-22-8-6-20)16(21)19-15(17-18-4-10-24-17)11-14-3-2-9-23-14/h2-4,9-10,13,15H,5-8,11-12H2,1H3,(H,19,21)/t13-,15-/m0/s1. The maximum atomic E-state index is 12.7. The number of rotatable bonds is 7. The minimum absolute atomic E-state index is 0.0473. The van der Waals surface area contributed by atoms with Gasteiger partial charge in [0.2, 0.25) is 5.91 Å². The summed E-state index contributed by atoms with van der Waals surface area (Å²) in [5.41, 5.74) is 0. The number of hydrogen-bond donors (Lipinski definition) is 1. The molecule has 130 valence electrons. The molecule has 24 heavy (non-hydrogen) atoms. The Morgan fingerprint density at radius 1 is 1.38 bits per heavy atom. The summed E-state index contributed by atoms with van der Waals surface area (Å²) in [7, 11) is 0. The van der Waals surface area contributed by atoms with Gasteiger partial charge in [0.05, 0.1) is 19.3 Å². The van der Waals surface area contributed by atoms with Gasteiger partial charge >= 0.3 is 0 Å². The highest BCUT2D eigenvalue weighted by molar-refractivity contribution is 7.10. The summed E-state index contributed by atoms with van der Waals surface area (Å²) in [6, 6.07) is 4.10. The van der Waals surface area contributed by atoms with Crippen LogP contribution >= 0.6 is 22.7 Å². The zero-order valence-corrected chi connectivity index (χ0v) is 15.4. The Morgan fingerprint density at radius 3 is 2.88 bits per heavy atom. The van der Waals surface area contributed by atoms with Gasteiger partial charge in [-0.05, 0) is 11.4 Å². The molecule has 1 fully saturated rings. The Balaban J connectivity index is 1.59. The highest BCUT2D eigenvalue weighted by Gasteiger charge is 2.23. The van der Waals surface area contributed by atoms with Crippen LogP contribution in [0.25, 0.3) is 0 Å². The molecule has 1 N–H and O–H groups in total. The third kappa shape index (κ3) is 4.86. The van der Waals surface area contributed by atoms with Crippen LogP contribution in [-0.2, 0) is 16.0 Å². The zero-order chi connectivity index (χ0) is 16.8. The molecule has 2 aromatic heterocycles. The number of carbonyl (C=O) groups excluding carboxylic acids is 1. The predicted molar refractivity (Wildman–Crippen MR) is 97.4 cm³/mol. The molecular weight excluding hydrogens is 342 g/mol. The molecule has 0 saturated carbocycles. The van der Waals surface area contributed by atoms with Gasteiger partial charge in [-0.2, -0.15) is 0 Å². The van der Waals surface area contributed by atoms with E-state index in [2.05, 4.69) is 26.6 Å². The Labute approximate surface area is 150 Å². The summed E-state index contributed by atoms with van der Waals surface area (Å²) in [4.78, 5) is 20.6. The third-order valence-corrected chi connectivity index (χ3v) is 5.92. The lowest BCUT2D eigenvalue weighted by Crippen LogP contribution is -2.43. The minimum Gasteiger partial charge on any atom is -0.379 e. The van der Waals surface area contributed by atoms with Crippen molar-refractivity contribution in [3.05, 3.63) is 39.0 Å². The van der Waals surface area contributed by atoms with E-state index in [1.165, 1.54) is 4.88 Å². The number of carbonyl (C=O) groups is 1. The van der Waals surface area contributed by atoms with E-state index >= 15 is 0 Å². The van der Waals surface area contributed by atoms with Crippen LogP contribution in [0, 0.1) is 5.92 Å². The van der Waals surface area contributed by atoms with Crippen molar-refractivity contribution in [3.63, 3.8) is 0 Å². The molecule has 0 spiro atoms. The second kappa shape index (κ2) is 8.71. The average Bonchev–Trinajstić information content (AvgIpc) is 3.28. The molecule has 1 aliphatic rings. The molecule has 2 atom stereocenters. The second-order valence-electron chi connectivity index (χ2n) is 6.03. The van der Waals surface area contributed by atoms with Crippen LogP contribution < -0.4 is 5.32 Å². The van der Waals surface area contributed by atoms with Crippen LogP contribution in [0.15, 0.2) is 29.1 Å². The number of thiazole rings is 1. The Hall–Kier alpha value is -1.28. The normalized spacial score (nSPS) is 18.2. The summed E-state index contributed by atoms with van der Waals surface area (Å²) < 4.78 is 5.37. The highest BCUT2D eigenvalue weighted by Crippen LogP contribution is 2.23. The molecule has 3 heterocycles. The van der Waals surface area contributed by atoms with E-state index in [9.17, 15) is 4.79 Å². The Bertz CT molecular complexity index is 610. The molecule has 5 nitrogen and oxygen atoms in total. The van der Waals surface area contributed by atoms with Gasteiger partial charge in [0, 0.05) is 48.4 Å². The van der Waals surface area contributed by atoms with Crippen LogP contribution in [0.2, 0.25) is 0 Å². The molecule has 0 aliphatic carbocycles. The van der Waals surface area contributed by atoms with Crippen molar-refractivity contribution < 1.29 is 9.53 Å². The lowest BCUT2D eigenvalue weighted by molar-refractivity contribution is -0.126. The van der Waals surface area contributed by atoms with Crippen molar-refractivity contribution in [2.45, 2.75) is 19.4 Å². The topological polar surface area (TPSA) is 54.5 Å². The summed E-state index contributed by atoms with van der Waals surface area (Å²) in [6.45, 7) is 6.10. The van der Waals surface area contributed by atoms with Crippen molar-refractivity contribution in [3.8, 4) is 0 Å². The van der Waals surface area contributed by atoms with E-state index in [1.807, 2.05) is 18.4 Å². The van der Waals surface area contributed by atoms with Crippen molar-refractivity contribution >= 4 is 28.6 Å². The molecule has 1 amide bonds. The van der Waals surface area contributed by atoms with Gasteiger partial charge in [-0.3, -0.25) is 9.69 Å². The van der Waals surface area contributed by atoms with Crippen LogP contribution in [0.5, 0.6) is 0 Å². The van der Waals surface area contributed by atoms with Crippen LogP contribution in [0.3, 0.4) is 0 Å². The van der Waals surface area contributed by atoms with Crippen LogP contribution in [-0.4, -0.2) is 48.6 Å². The van der Waals surface area contributed by atoms with Crippen molar-refractivity contribution in [1.29, 1.82) is 0 Å². The first-order chi connectivity index (χ1) is 11.7. The molecule has 1 aliphatic heterocycles. The van der Waals surface area contributed by atoms with E-state index in [-0.39, 0.29) is 17.9 Å². The summed E-state index contributed by atoms with van der Waals surface area (Å²) in [5.74, 6) is 0.0483. The first kappa shape index (κ1) is 17.5. The fraction of sp³-hybridized carbons (Fsp3) is 0.529. The largest absolute Gasteiger partial charge is 0.379 e. The lowest BCUT2D eigenvalue weighted by atomic mass is 10.1. The average molecular weight is 366 g/mol. The SMILES string of the molecule is C[C@@H](CN1CCOCC1)C(=O)N[C@@H](Cc1cccs1)c1nccs1. The minimum atomic E-state index is -0.0525. The van der Waals surface area contributed by atoms with Crippen molar-refractivity contribution in [2.24, 2.45) is 5.92 Å². The predicted octanol–water partition coefficient (Wildman–Crippen LogP) is 2.57. The molecule has 0 bridgehead atoms. The van der Waals surface area contributed by atoms with Gasteiger partial charge in [-0.25, -0.2) is 4.98 Å². The van der Waals surface area contributed by atoms with Crippen molar-refractivity contribution in [2.75, 3.05) is 32.8 Å². The number of hydrogen-bond acceptors (Lipinski definition) is 6. The molecule has 0 aromatic carbocycles. The van der Waals surface area contributed by atoms with E-state index < -0.39 is 0 Å². The van der Waals surface area contributed by atoms with Gasteiger partial charge in [0.25, 0.3) is 0 Å². The molecule has 1 saturated heterocycles. The quantitative estimate of drug-likeness (QED) is 0.819. The number of nitrogens with zero attached hydrogens (tertiary/aromatic N) is 2. The second-order valence-corrected chi connectivity index (χ2v) is 7.99. The number of nitrogens with one attached hydrogen (secondary N) is 1. The van der Waals surface area contributed by atoms with Gasteiger partial charge in [-0.1, -0.05) is 13.0 Å². The number of thiophene rings is 1. The van der Waals surface area contributed by atoms with E-state index in [0.717, 1.165) is 44.3 Å². The smallest absolute Gasteiger partial charge is 0.224 e. The van der Waals surface area contributed by atoms with Crippen LogP contribution in [0.1, 0.15) is 22.9 Å². The molecule has 0 radical (unpaired) electrons. The van der Waals surface area contributed by atoms with E-state index in [4.69, 9.17) is 4.74 Å². The fourth-order valence-electron chi connectivity index (χ4n) is 2.80. The van der Waals surface area contributed by atoms with Crippen LogP contribution in [0.4, 0.5) is 0 Å². The Kier molecular flexibility index (Phi) is 6.37. The van der Waals surface area contributed by atoms with Crippen molar-refractivity contribution in [1.82, 2.24) is 15.2 Å². The van der Waals surface area contributed by atoms with Gasteiger partial charge in [0.15, 0.2) is 0 Å². The van der Waals surface area contributed by atoms with Gasteiger partial charge in [-0.15, -0.1) is 22.7 Å². The number of aromatic nitrogens is 1. The van der Waals surface area contributed by atoms with Gasteiger partial charge < -0.3 is 10.1 Å². The molecular formula is C17H23N3O2S2. The summed E-state index contributed by atoms with van der Waals surface area (Å²) >= 11 is 3.31. The molecule has 3 rings (SSSR count). The summed E-state index contributed by atoms with van der Waals surface area (Å²) in [6.07, 6.45) is 2.59. The first-order valence-electron chi connectivity index (χ1n) is 8.24. The fourth-order valence-corrected chi connectivity index (χ4v) is 4.25. The molecule has 7 heteroatoms. The highest BCUT2D eigenvalue weighted by atomic mass is 32.1. The Morgan fingerprint density at radius 2 is 2.21 bits per heavy atom. The zero-order valence-electron chi connectivity index (χ0n) is 13.8. The van der Waals surface area contributed by atoms with E-state index in [0.29, 0.717) is 0 Å². The molecule has 2 aromatic rings. The molecule has 0 unspecified atom stereocenters.